The van der Waals surface area contributed by atoms with Crippen LogP contribution in [-0.4, -0.2) is 85.6 Å². The highest BCUT2D eigenvalue weighted by Gasteiger charge is 2.26. The summed E-state index contributed by atoms with van der Waals surface area (Å²) >= 11 is -0.827. The second-order valence-corrected chi connectivity index (χ2v) is 10.0. The zero-order valence-electron chi connectivity index (χ0n) is 19.8. The van der Waals surface area contributed by atoms with Gasteiger partial charge in [0.05, 0.1) is 19.7 Å². The van der Waals surface area contributed by atoms with Crippen molar-refractivity contribution in [2.24, 2.45) is 0 Å². The van der Waals surface area contributed by atoms with Crippen LogP contribution in [0.5, 0.6) is 5.88 Å². The van der Waals surface area contributed by atoms with E-state index in [1.165, 1.54) is 6.33 Å². The van der Waals surface area contributed by atoms with Crippen LogP contribution < -0.4 is 14.5 Å². The molecule has 0 unspecified atom stereocenters. The average molecular weight is 501 g/mol. The molecule has 1 aliphatic heterocycles. The Labute approximate surface area is 208 Å². The first-order valence-electron chi connectivity index (χ1n) is 12.0. The van der Waals surface area contributed by atoms with Crippen molar-refractivity contribution >= 4 is 34.0 Å². The number of unbranched alkanes of at least 4 members (excludes halogenated alkanes) is 2. The molecule has 1 aliphatic rings. The molecular weight excluding hydrogens is 468 g/mol. The summed E-state index contributed by atoms with van der Waals surface area (Å²) in [6.45, 7) is 2.70. The minimum absolute atomic E-state index is 0.0396. The highest BCUT2D eigenvalue weighted by molar-refractivity contribution is 7.91. The summed E-state index contributed by atoms with van der Waals surface area (Å²) in [4.78, 5) is 22.5. The predicted octanol–water partition coefficient (Wildman–Crippen LogP) is 1.53. The number of nitrogens with zero attached hydrogens (tertiary/aromatic N) is 6. The molecule has 1 saturated heterocycles. The monoisotopic (exact) mass is 500 g/mol. The summed E-state index contributed by atoms with van der Waals surface area (Å²) in [6.07, 6.45) is 3.89. The SMILES string of the molecule is [O-][S+]1CCN(c2nc(N(CCO)CCCCCO)nc3c(OCc4ccccc4)ncnc23)CC1. The Kier molecular flexibility index (Phi) is 9.29. The lowest BCUT2D eigenvalue weighted by molar-refractivity contribution is 0.282. The molecule has 2 N–H and O–H groups in total. The van der Waals surface area contributed by atoms with Crippen LogP contribution in [0.15, 0.2) is 36.7 Å². The zero-order chi connectivity index (χ0) is 24.5. The molecule has 35 heavy (non-hydrogen) atoms. The minimum Gasteiger partial charge on any atom is -0.616 e. The lowest BCUT2D eigenvalue weighted by Crippen LogP contribution is -2.41. The lowest BCUT2D eigenvalue weighted by atomic mass is 10.2. The average Bonchev–Trinajstić information content (AvgIpc) is 2.90. The Balaban J connectivity index is 1.70. The van der Waals surface area contributed by atoms with Crippen molar-refractivity contribution < 1.29 is 19.5 Å². The number of benzene rings is 1. The van der Waals surface area contributed by atoms with Crippen LogP contribution in [0.4, 0.5) is 11.8 Å². The molecule has 0 radical (unpaired) electrons. The van der Waals surface area contributed by atoms with Crippen molar-refractivity contribution in [3.05, 3.63) is 42.2 Å². The van der Waals surface area contributed by atoms with Crippen molar-refractivity contribution in [2.45, 2.75) is 25.9 Å². The van der Waals surface area contributed by atoms with Crippen LogP contribution >= 0.6 is 0 Å². The fourth-order valence-electron chi connectivity index (χ4n) is 3.97. The third-order valence-corrected chi connectivity index (χ3v) is 7.13. The molecule has 0 amide bonds. The first kappa shape index (κ1) is 25.4. The molecule has 188 valence electrons. The van der Waals surface area contributed by atoms with Crippen LogP contribution in [-0.2, 0) is 17.8 Å². The van der Waals surface area contributed by atoms with Crippen molar-refractivity contribution in [2.75, 3.05) is 60.7 Å². The number of anilines is 2. The topological polar surface area (TPSA) is 131 Å². The van der Waals surface area contributed by atoms with Gasteiger partial charge in [-0.1, -0.05) is 41.5 Å². The van der Waals surface area contributed by atoms with Crippen LogP contribution in [0.25, 0.3) is 11.0 Å². The predicted molar refractivity (Wildman–Crippen MR) is 136 cm³/mol. The molecule has 4 rings (SSSR count). The molecule has 0 aliphatic carbocycles. The van der Waals surface area contributed by atoms with E-state index in [9.17, 15) is 9.66 Å². The molecule has 1 fully saturated rings. The van der Waals surface area contributed by atoms with E-state index in [4.69, 9.17) is 19.8 Å². The molecule has 10 nitrogen and oxygen atoms in total. The Hall–Kier alpha value is -2.73. The number of aliphatic hydroxyl groups excluding tert-OH is 2. The number of hydrogen-bond acceptors (Lipinski definition) is 10. The van der Waals surface area contributed by atoms with E-state index in [0.29, 0.717) is 73.0 Å². The lowest BCUT2D eigenvalue weighted by Gasteiger charge is -2.30. The van der Waals surface area contributed by atoms with Crippen molar-refractivity contribution in [3.63, 3.8) is 0 Å². The number of hydrogen-bond donors (Lipinski definition) is 2. The van der Waals surface area contributed by atoms with Crippen LogP contribution in [0.2, 0.25) is 0 Å². The summed E-state index contributed by atoms with van der Waals surface area (Å²) in [6, 6.07) is 9.84. The van der Waals surface area contributed by atoms with Crippen molar-refractivity contribution in [1.29, 1.82) is 0 Å². The van der Waals surface area contributed by atoms with Gasteiger partial charge in [0.2, 0.25) is 11.8 Å². The van der Waals surface area contributed by atoms with E-state index < -0.39 is 11.2 Å². The van der Waals surface area contributed by atoms with E-state index in [0.717, 1.165) is 24.8 Å². The summed E-state index contributed by atoms with van der Waals surface area (Å²) in [5.74, 6) is 2.65. The van der Waals surface area contributed by atoms with E-state index in [-0.39, 0.29) is 13.2 Å². The number of aliphatic hydroxyl groups is 2. The van der Waals surface area contributed by atoms with Gasteiger partial charge in [-0.15, -0.1) is 0 Å². The standard InChI is InChI=1S/C24H32N6O4S/c31-13-6-2-5-9-30(10-14-32)24-27-21-20(22(28-24)29-11-15-35(33)16-12-29)25-18-26-23(21)34-17-19-7-3-1-4-8-19/h1,3-4,7-8,18,31-32H,2,5-6,9-17H2. The largest absolute Gasteiger partial charge is 0.616 e. The van der Waals surface area contributed by atoms with Gasteiger partial charge in [0, 0.05) is 19.7 Å². The van der Waals surface area contributed by atoms with E-state index in [2.05, 4.69) is 14.9 Å². The summed E-state index contributed by atoms with van der Waals surface area (Å²) < 4.78 is 18.0. The maximum atomic E-state index is 12.0. The maximum Gasteiger partial charge on any atom is 0.244 e. The number of fused-ring (bicyclic) bond motifs is 1. The fraction of sp³-hybridized carbons (Fsp3) is 0.500. The van der Waals surface area contributed by atoms with Gasteiger partial charge in [-0.3, -0.25) is 0 Å². The Morgan fingerprint density at radius 2 is 1.74 bits per heavy atom. The van der Waals surface area contributed by atoms with Gasteiger partial charge in [-0.25, -0.2) is 9.97 Å². The molecule has 0 atom stereocenters. The van der Waals surface area contributed by atoms with Gasteiger partial charge >= 0.3 is 0 Å². The highest BCUT2D eigenvalue weighted by Crippen LogP contribution is 2.30. The number of ether oxygens (including phenoxy) is 1. The third-order valence-electron chi connectivity index (χ3n) is 5.85. The quantitative estimate of drug-likeness (QED) is 0.279. The molecular formula is C24H32N6O4S. The molecule has 3 aromatic rings. The maximum absolute atomic E-state index is 12.0. The number of rotatable bonds is 12. The van der Waals surface area contributed by atoms with Crippen LogP contribution in [0.1, 0.15) is 24.8 Å². The van der Waals surface area contributed by atoms with E-state index in [1.807, 2.05) is 35.2 Å². The molecule has 0 spiro atoms. The van der Waals surface area contributed by atoms with Gasteiger partial charge in [0.25, 0.3) is 0 Å². The smallest absolute Gasteiger partial charge is 0.244 e. The molecule has 1 aromatic carbocycles. The summed E-state index contributed by atoms with van der Waals surface area (Å²) in [5.41, 5.74) is 2.11. The van der Waals surface area contributed by atoms with Crippen LogP contribution in [0.3, 0.4) is 0 Å². The summed E-state index contributed by atoms with van der Waals surface area (Å²) in [7, 11) is 0. The van der Waals surface area contributed by atoms with Gasteiger partial charge in [-0.2, -0.15) is 9.97 Å². The number of aromatic nitrogens is 4. The summed E-state index contributed by atoms with van der Waals surface area (Å²) in [5, 5.41) is 18.8. The van der Waals surface area contributed by atoms with Gasteiger partial charge < -0.3 is 29.3 Å². The first-order chi connectivity index (χ1) is 17.2. The Morgan fingerprint density at radius 1 is 0.943 bits per heavy atom. The van der Waals surface area contributed by atoms with E-state index in [1.54, 1.807) is 0 Å². The zero-order valence-corrected chi connectivity index (χ0v) is 20.6. The Morgan fingerprint density at radius 3 is 2.49 bits per heavy atom. The highest BCUT2D eigenvalue weighted by atomic mass is 32.2. The molecule has 0 saturated carbocycles. The normalized spacial score (nSPS) is 14.4. The second kappa shape index (κ2) is 12.8. The second-order valence-electron chi connectivity index (χ2n) is 8.33. The first-order valence-corrected chi connectivity index (χ1v) is 13.4. The van der Waals surface area contributed by atoms with Crippen LogP contribution in [0, 0.1) is 0 Å². The van der Waals surface area contributed by atoms with Crippen molar-refractivity contribution in [1.82, 2.24) is 19.9 Å². The third kappa shape index (κ3) is 6.69. The van der Waals surface area contributed by atoms with Gasteiger partial charge in [0.1, 0.15) is 30.0 Å². The molecule has 0 bridgehead atoms. The molecule has 2 aromatic heterocycles. The van der Waals surface area contributed by atoms with Crippen molar-refractivity contribution in [3.8, 4) is 5.88 Å². The fourth-order valence-corrected chi connectivity index (χ4v) is 5.02. The molecule has 3 heterocycles. The van der Waals surface area contributed by atoms with Gasteiger partial charge in [0.15, 0.2) is 11.3 Å². The minimum atomic E-state index is -0.827. The Bertz CT molecular complexity index is 1070. The van der Waals surface area contributed by atoms with Gasteiger partial charge in [-0.05, 0) is 24.8 Å². The molecule has 11 heteroatoms. The van der Waals surface area contributed by atoms with E-state index >= 15 is 0 Å².